The molecule has 6 nitrogen and oxygen atoms in total. The first kappa shape index (κ1) is 20.3. The van der Waals surface area contributed by atoms with Gasteiger partial charge < -0.3 is 15.0 Å². The van der Waals surface area contributed by atoms with E-state index in [-0.39, 0.29) is 5.91 Å². The van der Waals surface area contributed by atoms with E-state index in [1.807, 2.05) is 14.1 Å². The van der Waals surface area contributed by atoms with Gasteiger partial charge in [-0.1, -0.05) is 12.1 Å². The largest absolute Gasteiger partial charge is 0.450 e. The summed E-state index contributed by atoms with van der Waals surface area (Å²) in [6, 6.07) is 15.1. The van der Waals surface area contributed by atoms with Crippen molar-refractivity contribution in [1.82, 2.24) is 5.32 Å². The van der Waals surface area contributed by atoms with E-state index in [9.17, 15) is 9.59 Å². The van der Waals surface area contributed by atoms with E-state index in [0.29, 0.717) is 24.4 Å². The third kappa shape index (κ3) is 6.66. The molecule has 0 fully saturated rings. The van der Waals surface area contributed by atoms with Gasteiger partial charge in [-0.2, -0.15) is 0 Å². The number of amides is 2. The Hall–Kier alpha value is -3.02. The van der Waals surface area contributed by atoms with Crippen LogP contribution in [0.3, 0.4) is 0 Å². The molecule has 0 spiro atoms. The number of carbonyl (C=O) groups excluding carboxylic acids is 2. The quantitative estimate of drug-likeness (QED) is 0.697. The van der Waals surface area contributed by atoms with Crippen molar-refractivity contribution in [1.29, 1.82) is 0 Å². The first-order valence-corrected chi connectivity index (χ1v) is 9.08. The number of aryl methyl sites for hydroxylation is 1. The number of anilines is 2. The molecule has 27 heavy (non-hydrogen) atoms. The second-order valence-corrected chi connectivity index (χ2v) is 6.34. The molecule has 2 rings (SSSR count). The Morgan fingerprint density at radius 3 is 2.26 bits per heavy atom. The van der Waals surface area contributed by atoms with E-state index in [4.69, 9.17) is 4.74 Å². The number of nitrogens with one attached hydrogen (secondary N) is 2. The molecular formula is C21H27N3O3. The van der Waals surface area contributed by atoms with Crippen molar-refractivity contribution in [3.8, 4) is 0 Å². The molecular weight excluding hydrogens is 342 g/mol. The first-order chi connectivity index (χ1) is 13.0. The van der Waals surface area contributed by atoms with Crippen LogP contribution >= 0.6 is 0 Å². The fraction of sp³-hybridized carbons (Fsp3) is 0.333. The van der Waals surface area contributed by atoms with Gasteiger partial charge in [0.1, 0.15) is 0 Å². The van der Waals surface area contributed by atoms with Gasteiger partial charge in [0.05, 0.1) is 6.61 Å². The van der Waals surface area contributed by atoms with Gasteiger partial charge in [-0.25, -0.2) is 4.79 Å². The van der Waals surface area contributed by atoms with Crippen LogP contribution in [-0.2, 0) is 11.2 Å². The fourth-order valence-electron chi connectivity index (χ4n) is 2.55. The van der Waals surface area contributed by atoms with Crippen molar-refractivity contribution in [2.75, 3.05) is 37.5 Å². The van der Waals surface area contributed by atoms with Gasteiger partial charge in [0, 0.05) is 37.6 Å². The molecule has 0 aliphatic rings. The lowest BCUT2D eigenvalue weighted by Gasteiger charge is -2.12. The Bertz CT molecular complexity index is 740. The maximum absolute atomic E-state index is 12.2. The summed E-state index contributed by atoms with van der Waals surface area (Å²) in [4.78, 5) is 25.6. The molecule has 2 amide bonds. The number of carbonyl (C=O) groups is 2. The molecule has 2 N–H and O–H groups in total. The molecule has 0 aromatic heterocycles. The topological polar surface area (TPSA) is 70.7 Å². The minimum Gasteiger partial charge on any atom is -0.450 e. The smallest absolute Gasteiger partial charge is 0.411 e. The SMILES string of the molecule is CCOC(=O)Nc1ccc(C(=O)NCCCc2ccc(N(C)C)cc2)cc1. The fourth-order valence-corrected chi connectivity index (χ4v) is 2.55. The van der Waals surface area contributed by atoms with Crippen LogP contribution in [0.2, 0.25) is 0 Å². The van der Waals surface area contributed by atoms with Gasteiger partial charge in [-0.3, -0.25) is 10.1 Å². The molecule has 6 heteroatoms. The van der Waals surface area contributed by atoms with Crippen molar-refractivity contribution in [3.05, 3.63) is 59.7 Å². The van der Waals surface area contributed by atoms with E-state index >= 15 is 0 Å². The number of rotatable bonds is 8. The Balaban J connectivity index is 1.74. The van der Waals surface area contributed by atoms with Crippen molar-refractivity contribution in [2.45, 2.75) is 19.8 Å². The standard InChI is InChI=1S/C21H27N3O3/c1-4-27-21(26)23-18-11-9-17(10-12-18)20(25)22-15-5-6-16-7-13-19(14-8-16)24(2)3/h7-14H,4-6,15H2,1-3H3,(H,22,25)(H,23,26). The summed E-state index contributed by atoms with van der Waals surface area (Å²) in [5.74, 6) is -0.124. The average Bonchev–Trinajstić information content (AvgIpc) is 2.66. The highest BCUT2D eigenvalue weighted by Crippen LogP contribution is 2.13. The van der Waals surface area contributed by atoms with Gasteiger partial charge >= 0.3 is 6.09 Å². The van der Waals surface area contributed by atoms with E-state index < -0.39 is 6.09 Å². The van der Waals surface area contributed by atoms with Crippen LogP contribution in [0.25, 0.3) is 0 Å². The molecule has 0 heterocycles. The lowest BCUT2D eigenvalue weighted by atomic mass is 10.1. The van der Waals surface area contributed by atoms with E-state index in [0.717, 1.165) is 12.8 Å². The van der Waals surface area contributed by atoms with Crippen LogP contribution in [-0.4, -0.2) is 39.2 Å². The van der Waals surface area contributed by atoms with Crippen molar-refractivity contribution < 1.29 is 14.3 Å². The Labute approximate surface area is 160 Å². The highest BCUT2D eigenvalue weighted by Gasteiger charge is 2.06. The monoisotopic (exact) mass is 369 g/mol. The molecule has 0 radical (unpaired) electrons. The minimum atomic E-state index is -0.506. The van der Waals surface area contributed by atoms with E-state index in [1.165, 1.54) is 11.3 Å². The second kappa shape index (κ2) is 10.2. The van der Waals surface area contributed by atoms with Crippen LogP contribution in [0.1, 0.15) is 29.3 Å². The molecule has 2 aromatic carbocycles. The van der Waals surface area contributed by atoms with Crippen LogP contribution in [0.15, 0.2) is 48.5 Å². The number of hydrogen-bond donors (Lipinski definition) is 2. The number of ether oxygens (including phenoxy) is 1. The van der Waals surface area contributed by atoms with Gasteiger partial charge in [-0.05, 0) is 61.7 Å². The van der Waals surface area contributed by atoms with Crippen LogP contribution < -0.4 is 15.5 Å². The summed E-state index contributed by atoms with van der Waals surface area (Å²) in [6.07, 6.45) is 1.28. The second-order valence-electron chi connectivity index (χ2n) is 6.34. The molecule has 0 saturated heterocycles. The highest BCUT2D eigenvalue weighted by atomic mass is 16.5. The van der Waals surface area contributed by atoms with E-state index in [1.54, 1.807) is 31.2 Å². The van der Waals surface area contributed by atoms with Crippen LogP contribution in [0.4, 0.5) is 16.2 Å². The summed E-state index contributed by atoms with van der Waals surface area (Å²) in [5, 5.41) is 5.51. The summed E-state index contributed by atoms with van der Waals surface area (Å²) in [6.45, 7) is 2.66. The zero-order valence-electron chi connectivity index (χ0n) is 16.1. The van der Waals surface area contributed by atoms with Gasteiger partial charge in [0.2, 0.25) is 0 Å². The Morgan fingerprint density at radius 1 is 1.00 bits per heavy atom. The van der Waals surface area contributed by atoms with Gasteiger partial charge in [0.25, 0.3) is 5.91 Å². The molecule has 0 aliphatic carbocycles. The molecule has 0 bridgehead atoms. The lowest BCUT2D eigenvalue weighted by molar-refractivity contribution is 0.0953. The molecule has 0 atom stereocenters. The summed E-state index contributed by atoms with van der Waals surface area (Å²) < 4.78 is 4.81. The average molecular weight is 369 g/mol. The van der Waals surface area contributed by atoms with Crippen molar-refractivity contribution in [2.24, 2.45) is 0 Å². The van der Waals surface area contributed by atoms with Crippen LogP contribution in [0.5, 0.6) is 0 Å². The zero-order valence-corrected chi connectivity index (χ0v) is 16.1. The number of nitrogens with zero attached hydrogens (tertiary/aromatic N) is 1. The van der Waals surface area contributed by atoms with E-state index in [2.05, 4.69) is 39.8 Å². The van der Waals surface area contributed by atoms with Gasteiger partial charge in [-0.15, -0.1) is 0 Å². The first-order valence-electron chi connectivity index (χ1n) is 9.08. The van der Waals surface area contributed by atoms with Crippen LogP contribution in [0, 0.1) is 0 Å². The third-order valence-electron chi connectivity index (χ3n) is 4.05. The summed E-state index contributed by atoms with van der Waals surface area (Å²) in [7, 11) is 4.04. The predicted octanol–water partition coefficient (Wildman–Crippen LogP) is 3.68. The Kier molecular flexibility index (Phi) is 7.67. The molecule has 144 valence electrons. The predicted molar refractivity (Wildman–Crippen MR) is 109 cm³/mol. The summed E-state index contributed by atoms with van der Waals surface area (Å²) >= 11 is 0. The summed E-state index contributed by atoms with van der Waals surface area (Å²) in [5.41, 5.74) is 3.57. The molecule has 2 aromatic rings. The Morgan fingerprint density at radius 2 is 1.67 bits per heavy atom. The van der Waals surface area contributed by atoms with Crippen molar-refractivity contribution in [3.63, 3.8) is 0 Å². The normalized spacial score (nSPS) is 10.2. The van der Waals surface area contributed by atoms with Gasteiger partial charge in [0.15, 0.2) is 0 Å². The maximum Gasteiger partial charge on any atom is 0.411 e. The molecule has 0 aliphatic heterocycles. The maximum atomic E-state index is 12.2. The van der Waals surface area contributed by atoms with Crippen molar-refractivity contribution >= 4 is 23.4 Å². The molecule has 0 saturated carbocycles. The zero-order chi connectivity index (χ0) is 19.6. The number of hydrogen-bond acceptors (Lipinski definition) is 4. The number of benzene rings is 2. The molecule has 0 unspecified atom stereocenters. The highest BCUT2D eigenvalue weighted by molar-refractivity contribution is 5.95. The third-order valence-corrected chi connectivity index (χ3v) is 4.05. The lowest BCUT2D eigenvalue weighted by Crippen LogP contribution is -2.24. The minimum absolute atomic E-state index is 0.124.